The Kier molecular flexibility index (Phi) is 8.52. The van der Waals surface area contributed by atoms with Crippen molar-refractivity contribution < 1.29 is 35.2 Å². The lowest BCUT2D eigenvalue weighted by Gasteiger charge is -2.54. The summed E-state index contributed by atoms with van der Waals surface area (Å²) in [5.41, 5.74) is 0.169. The number of carbonyl (C=O) groups is 2. The second kappa shape index (κ2) is 11.1. The van der Waals surface area contributed by atoms with E-state index >= 15 is 0 Å². The summed E-state index contributed by atoms with van der Waals surface area (Å²) in [5.74, 6) is -3.68. The molecular formula is C24H26Cl2F2N4O6S2. The van der Waals surface area contributed by atoms with Gasteiger partial charge in [-0.05, 0) is 49.7 Å². The number of carbonyl (C=O) groups excluding carboxylic acids is 2. The highest BCUT2D eigenvalue weighted by Gasteiger charge is 2.54. The molecule has 0 spiro atoms. The molecule has 3 atom stereocenters. The van der Waals surface area contributed by atoms with Gasteiger partial charge in [0.15, 0.2) is 11.6 Å². The maximum Gasteiger partial charge on any atom is 0.246 e. The summed E-state index contributed by atoms with van der Waals surface area (Å²) >= 11 is 12.2. The zero-order chi connectivity index (χ0) is 29.7. The molecule has 3 unspecified atom stereocenters. The molecule has 2 saturated heterocycles. The van der Waals surface area contributed by atoms with E-state index in [1.54, 1.807) is 13.8 Å². The molecule has 10 nitrogen and oxygen atoms in total. The van der Waals surface area contributed by atoms with Crippen LogP contribution in [0.4, 0.5) is 8.78 Å². The van der Waals surface area contributed by atoms with Crippen LogP contribution < -0.4 is 4.72 Å². The van der Waals surface area contributed by atoms with E-state index in [0.29, 0.717) is 0 Å². The number of rotatable bonds is 7. The Bertz CT molecular complexity index is 1570. The summed E-state index contributed by atoms with van der Waals surface area (Å²) in [4.78, 5) is 29.4. The molecule has 2 aromatic rings. The number of piperazine rings is 1. The third-order valence-electron chi connectivity index (χ3n) is 6.71. The molecule has 0 radical (unpaired) electrons. The predicted molar refractivity (Wildman–Crippen MR) is 143 cm³/mol. The summed E-state index contributed by atoms with van der Waals surface area (Å²) in [6.07, 6.45) is -0.748. The van der Waals surface area contributed by atoms with Crippen LogP contribution >= 0.6 is 23.2 Å². The zero-order valence-corrected chi connectivity index (χ0v) is 24.7. The van der Waals surface area contributed by atoms with Crippen LogP contribution in [0.1, 0.15) is 19.4 Å². The first kappa shape index (κ1) is 30.6. The van der Waals surface area contributed by atoms with Crippen molar-refractivity contribution in [1.29, 1.82) is 0 Å². The minimum absolute atomic E-state index is 0.169. The van der Waals surface area contributed by atoms with Gasteiger partial charge in [0.05, 0.1) is 17.8 Å². The molecule has 2 heterocycles. The fourth-order valence-electron chi connectivity index (χ4n) is 4.92. The van der Waals surface area contributed by atoms with Gasteiger partial charge < -0.3 is 9.80 Å². The highest BCUT2D eigenvalue weighted by molar-refractivity contribution is 7.89. The first-order valence-corrected chi connectivity index (χ1v) is 16.1. The lowest BCUT2D eigenvalue weighted by atomic mass is 9.96. The van der Waals surface area contributed by atoms with Crippen LogP contribution in [0, 0.1) is 11.6 Å². The van der Waals surface area contributed by atoms with Gasteiger partial charge in [-0.15, -0.1) is 0 Å². The number of halogens is 4. The number of nitrogens with one attached hydrogen (secondary N) is 1. The van der Waals surface area contributed by atoms with Gasteiger partial charge in [0.25, 0.3) is 0 Å². The Balaban J connectivity index is 1.88. The summed E-state index contributed by atoms with van der Waals surface area (Å²) in [5, 5.41) is -0.0219. The van der Waals surface area contributed by atoms with Crippen LogP contribution in [-0.2, 0) is 36.1 Å². The standard InChI is InChI=1S/C24H26Cl2F2N4O6S2/c1-13(2)30-12-22-31(40(37,38)21-7-5-15(25)10-16(21)26)11-19(29-39(3,35)36)23(33)32(22)20(24(30)34)9-14-4-6-17(27)18(28)8-14/h4-8,10,13,19-20,22,29H,9,11-12H2,1-3H3. The molecule has 218 valence electrons. The first-order valence-electron chi connectivity index (χ1n) is 12.0. The van der Waals surface area contributed by atoms with Gasteiger partial charge >= 0.3 is 0 Å². The molecular weight excluding hydrogens is 613 g/mol. The molecule has 0 aromatic heterocycles. The third-order valence-corrected chi connectivity index (χ3v) is 10.0. The average Bonchev–Trinajstić information content (AvgIpc) is 2.83. The molecule has 16 heteroatoms. The van der Waals surface area contributed by atoms with E-state index < -0.39 is 74.3 Å². The van der Waals surface area contributed by atoms with Crippen molar-refractivity contribution in [2.24, 2.45) is 0 Å². The van der Waals surface area contributed by atoms with E-state index in [0.717, 1.165) is 27.6 Å². The smallest absolute Gasteiger partial charge is 0.246 e. The van der Waals surface area contributed by atoms with Gasteiger partial charge in [0.1, 0.15) is 23.1 Å². The van der Waals surface area contributed by atoms with Crippen molar-refractivity contribution in [1.82, 2.24) is 18.8 Å². The van der Waals surface area contributed by atoms with Crippen LogP contribution in [0.5, 0.6) is 0 Å². The van der Waals surface area contributed by atoms with E-state index in [9.17, 15) is 35.2 Å². The van der Waals surface area contributed by atoms with E-state index in [2.05, 4.69) is 4.72 Å². The molecule has 2 aliphatic heterocycles. The van der Waals surface area contributed by atoms with Gasteiger partial charge in [0.2, 0.25) is 31.9 Å². The second-order valence-electron chi connectivity index (χ2n) is 9.87. The fourth-order valence-corrected chi connectivity index (χ4v) is 7.94. The molecule has 2 amide bonds. The lowest BCUT2D eigenvalue weighted by molar-refractivity contribution is -0.168. The molecule has 4 rings (SSSR count). The number of nitrogens with zero attached hydrogens (tertiary/aromatic N) is 3. The highest BCUT2D eigenvalue weighted by Crippen LogP contribution is 2.35. The molecule has 2 fully saturated rings. The first-order chi connectivity index (χ1) is 18.5. The average molecular weight is 640 g/mol. The van der Waals surface area contributed by atoms with Gasteiger partial charge in [-0.3, -0.25) is 9.59 Å². The van der Waals surface area contributed by atoms with Gasteiger partial charge in [0, 0.05) is 24.0 Å². The summed E-state index contributed by atoms with van der Waals surface area (Å²) in [6.45, 7) is 2.59. The van der Waals surface area contributed by atoms with E-state index in [1.807, 2.05) is 0 Å². The maximum atomic E-state index is 14.0. The largest absolute Gasteiger partial charge is 0.335 e. The fraction of sp³-hybridized carbons (Fsp3) is 0.417. The summed E-state index contributed by atoms with van der Waals surface area (Å²) in [7, 11) is -8.52. The van der Waals surface area contributed by atoms with E-state index in [-0.39, 0.29) is 33.5 Å². The van der Waals surface area contributed by atoms with Gasteiger partial charge in [-0.25, -0.2) is 30.3 Å². The van der Waals surface area contributed by atoms with Crippen molar-refractivity contribution in [3.05, 3.63) is 63.6 Å². The summed E-state index contributed by atoms with van der Waals surface area (Å²) in [6, 6.07) is 3.37. The Morgan fingerprint density at radius 2 is 1.65 bits per heavy atom. The van der Waals surface area contributed by atoms with E-state index in [1.165, 1.54) is 29.2 Å². The topological polar surface area (TPSA) is 124 Å². The SMILES string of the molecule is CC(C)N1CC2N(C(=O)C(NS(C)(=O)=O)CN2S(=O)(=O)c2ccc(Cl)cc2Cl)C(Cc2ccc(F)c(F)c2)C1=O. The minimum Gasteiger partial charge on any atom is -0.335 e. The monoisotopic (exact) mass is 638 g/mol. The second-order valence-corrected chi connectivity index (χ2v) is 14.4. The van der Waals surface area contributed by atoms with Crippen molar-refractivity contribution >= 4 is 55.1 Å². The zero-order valence-electron chi connectivity index (χ0n) is 21.5. The molecule has 2 aliphatic rings. The Labute approximate surface area is 240 Å². The summed E-state index contributed by atoms with van der Waals surface area (Å²) < 4.78 is 82.9. The highest BCUT2D eigenvalue weighted by atomic mass is 35.5. The van der Waals surface area contributed by atoms with Crippen molar-refractivity contribution in [2.75, 3.05) is 19.3 Å². The lowest BCUT2D eigenvalue weighted by Crippen LogP contribution is -2.76. The molecule has 0 aliphatic carbocycles. The molecule has 1 N–H and O–H groups in total. The third kappa shape index (κ3) is 5.97. The normalized spacial score (nSPS) is 22.6. The molecule has 2 aromatic carbocycles. The van der Waals surface area contributed by atoms with Crippen molar-refractivity contribution in [3.8, 4) is 0 Å². The Morgan fingerprint density at radius 1 is 0.975 bits per heavy atom. The quantitative estimate of drug-likeness (QED) is 0.496. The predicted octanol–water partition coefficient (Wildman–Crippen LogP) is 2.21. The Morgan fingerprint density at radius 3 is 2.23 bits per heavy atom. The van der Waals surface area contributed by atoms with Crippen LogP contribution in [0.25, 0.3) is 0 Å². The number of fused-ring (bicyclic) bond motifs is 1. The maximum absolute atomic E-state index is 14.0. The molecule has 0 bridgehead atoms. The van der Waals surface area contributed by atoms with Crippen molar-refractivity contribution in [3.63, 3.8) is 0 Å². The van der Waals surface area contributed by atoms with Crippen molar-refractivity contribution in [2.45, 2.75) is 49.5 Å². The van der Waals surface area contributed by atoms with Crippen LogP contribution in [0.15, 0.2) is 41.3 Å². The molecule has 0 saturated carbocycles. The van der Waals surface area contributed by atoms with E-state index in [4.69, 9.17) is 23.2 Å². The Hall–Kier alpha value is -2.36. The number of hydrogen-bond donors (Lipinski definition) is 1. The molecule has 40 heavy (non-hydrogen) atoms. The number of benzene rings is 2. The van der Waals surface area contributed by atoms with Crippen LogP contribution in [0.2, 0.25) is 10.0 Å². The van der Waals surface area contributed by atoms with Crippen LogP contribution in [0.3, 0.4) is 0 Å². The number of sulfonamides is 2. The number of hydrogen-bond acceptors (Lipinski definition) is 6. The minimum atomic E-state index is -4.50. The van der Waals surface area contributed by atoms with Gasteiger partial charge in [-0.1, -0.05) is 29.3 Å². The van der Waals surface area contributed by atoms with Gasteiger partial charge in [-0.2, -0.15) is 4.31 Å². The number of amides is 2. The van der Waals surface area contributed by atoms with Crippen LogP contribution in [-0.4, -0.2) is 86.4 Å².